The number of rotatable bonds is 4. The monoisotopic (exact) mass is 510 g/mol. The van der Waals surface area contributed by atoms with Crippen molar-refractivity contribution in [3.63, 3.8) is 0 Å². The van der Waals surface area contributed by atoms with Crippen LogP contribution in [0.4, 0.5) is 0 Å². The van der Waals surface area contributed by atoms with Gasteiger partial charge in [0, 0.05) is 35.8 Å². The summed E-state index contributed by atoms with van der Waals surface area (Å²) in [5.74, 6) is 1.16. The number of fused-ring (bicyclic) bond motifs is 2. The van der Waals surface area contributed by atoms with Gasteiger partial charge in [0.25, 0.3) is 0 Å². The summed E-state index contributed by atoms with van der Waals surface area (Å²) in [5.41, 5.74) is 5.05. The fourth-order valence-corrected chi connectivity index (χ4v) is 9.90. The molecule has 3 aliphatic heterocycles. The molecule has 0 radical (unpaired) electrons. The molecule has 2 aromatic rings. The van der Waals surface area contributed by atoms with Crippen molar-refractivity contribution in [2.24, 2.45) is 16.7 Å². The van der Waals surface area contributed by atoms with Crippen LogP contribution in [0.2, 0.25) is 0 Å². The molecule has 2 unspecified atom stereocenters. The van der Waals surface area contributed by atoms with E-state index >= 15 is 0 Å². The molecule has 6 aliphatic rings. The molecule has 200 valence electrons. The lowest BCUT2D eigenvalue weighted by atomic mass is 9.58. The third-order valence-electron chi connectivity index (χ3n) is 11.9. The fourth-order valence-electron chi connectivity index (χ4n) is 9.90. The second kappa shape index (κ2) is 8.02. The molecular weight excluding hydrogens is 468 g/mol. The first-order valence-electron chi connectivity index (χ1n) is 15.1. The predicted molar refractivity (Wildman–Crippen MR) is 151 cm³/mol. The molecule has 4 heterocycles. The molecule has 0 N–H and O–H groups in total. The van der Waals surface area contributed by atoms with Gasteiger partial charge in [0.2, 0.25) is 0 Å². The molecule has 8 rings (SSSR count). The van der Waals surface area contributed by atoms with E-state index in [4.69, 9.17) is 9.47 Å². The standard InChI is InChI=1S/C34H42N2O2/c1-31(21-37-22-31)20-36(3)28-7-6-26-17-27-10-12-32(2)29(24-5-4-23-11-15-35-19-25(23)16-24)8-9-30(32)34(27)14-13-33(26,18-28)38-34/h4-5,10-11,15-17,19,28-30H,6-9,12-14,18,20-22H2,1-3H3/t28-,29?,30-,32-,33-,34?/m1/s1. The van der Waals surface area contributed by atoms with Crippen molar-refractivity contribution in [2.75, 3.05) is 26.8 Å². The number of hydrogen-bond donors (Lipinski definition) is 0. The number of aromatic nitrogens is 1. The van der Waals surface area contributed by atoms with Crippen LogP contribution >= 0.6 is 0 Å². The molecule has 3 aliphatic carbocycles. The molecule has 6 atom stereocenters. The Labute approximate surface area is 227 Å². The quantitative estimate of drug-likeness (QED) is 0.452. The molecule has 4 fully saturated rings. The highest BCUT2D eigenvalue weighted by molar-refractivity contribution is 5.82. The summed E-state index contributed by atoms with van der Waals surface area (Å²) >= 11 is 0. The van der Waals surface area contributed by atoms with Crippen LogP contribution in [-0.2, 0) is 9.47 Å². The lowest BCUT2D eigenvalue weighted by molar-refractivity contribution is -0.147. The van der Waals surface area contributed by atoms with Crippen LogP contribution in [0.1, 0.15) is 76.7 Å². The largest absolute Gasteiger partial charge is 0.380 e. The number of nitrogens with zero attached hydrogens (tertiary/aromatic N) is 2. The molecule has 1 aromatic carbocycles. The van der Waals surface area contributed by atoms with Crippen LogP contribution in [0.25, 0.3) is 10.8 Å². The first-order valence-corrected chi connectivity index (χ1v) is 15.1. The van der Waals surface area contributed by atoms with E-state index in [0.29, 0.717) is 23.3 Å². The maximum absolute atomic E-state index is 7.57. The van der Waals surface area contributed by atoms with Gasteiger partial charge in [0.15, 0.2) is 0 Å². The maximum atomic E-state index is 7.57. The minimum Gasteiger partial charge on any atom is -0.380 e. The summed E-state index contributed by atoms with van der Waals surface area (Å²) in [7, 11) is 2.34. The second-order valence-electron chi connectivity index (χ2n) is 14.3. The van der Waals surface area contributed by atoms with E-state index in [1.54, 1.807) is 5.57 Å². The first-order chi connectivity index (χ1) is 18.3. The van der Waals surface area contributed by atoms with Crippen molar-refractivity contribution in [1.82, 2.24) is 9.88 Å². The molecule has 4 heteroatoms. The van der Waals surface area contributed by atoms with Gasteiger partial charge in [-0.3, -0.25) is 4.98 Å². The zero-order valence-corrected chi connectivity index (χ0v) is 23.3. The Hall–Kier alpha value is -2.01. The third-order valence-corrected chi connectivity index (χ3v) is 11.9. The van der Waals surface area contributed by atoms with E-state index in [2.05, 4.69) is 67.2 Å². The molecule has 2 bridgehead atoms. The van der Waals surface area contributed by atoms with Gasteiger partial charge >= 0.3 is 0 Å². The summed E-state index contributed by atoms with van der Waals surface area (Å²) in [5, 5.41) is 2.55. The topological polar surface area (TPSA) is 34.6 Å². The fraction of sp³-hybridized carbons (Fsp3) is 0.618. The van der Waals surface area contributed by atoms with Crippen LogP contribution in [0.5, 0.6) is 0 Å². The van der Waals surface area contributed by atoms with Gasteiger partial charge in [-0.2, -0.15) is 0 Å². The smallest absolute Gasteiger partial charge is 0.0974 e. The van der Waals surface area contributed by atoms with E-state index in [1.807, 2.05) is 12.4 Å². The number of benzene rings is 1. The van der Waals surface area contributed by atoms with Crippen molar-refractivity contribution in [2.45, 2.75) is 88.4 Å². The van der Waals surface area contributed by atoms with Crippen molar-refractivity contribution < 1.29 is 9.47 Å². The molecular formula is C34H42N2O2. The molecule has 1 aromatic heterocycles. The lowest BCUT2D eigenvalue weighted by Crippen LogP contribution is -2.56. The maximum Gasteiger partial charge on any atom is 0.0974 e. The summed E-state index contributed by atoms with van der Waals surface area (Å²) in [6, 6.07) is 9.84. The van der Waals surface area contributed by atoms with Crippen molar-refractivity contribution in [3.05, 3.63) is 65.5 Å². The highest BCUT2D eigenvalue weighted by atomic mass is 16.5. The van der Waals surface area contributed by atoms with Gasteiger partial charge in [0.05, 0.1) is 24.4 Å². The molecule has 2 saturated heterocycles. The minimum atomic E-state index is -0.0854. The van der Waals surface area contributed by atoms with E-state index in [0.717, 1.165) is 32.6 Å². The van der Waals surface area contributed by atoms with Crippen molar-refractivity contribution >= 4 is 10.8 Å². The predicted octanol–water partition coefficient (Wildman–Crippen LogP) is 6.81. The number of allylic oxidation sites excluding steroid dienone is 1. The number of pyridine rings is 1. The lowest BCUT2D eigenvalue weighted by Gasteiger charge is -2.55. The molecule has 0 amide bonds. The van der Waals surface area contributed by atoms with Crippen LogP contribution < -0.4 is 0 Å². The van der Waals surface area contributed by atoms with Gasteiger partial charge in [-0.05, 0) is 110 Å². The number of ether oxygens (including phenoxy) is 2. The Morgan fingerprint density at radius 2 is 1.95 bits per heavy atom. The SMILES string of the molecule is CN(CC1(C)COC1)[C@@H]1CCC2=CC3=CC[C@]4(C)C(c5ccc6ccncc6c5)CC[C@H]4C34CC[C@]2(C1)O4. The average Bonchev–Trinajstić information content (AvgIpc) is 3.42. The van der Waals surface area contributed by atoms with Crippen molar-refractivity contribution in [1.29, 1.82) is 0 Å². The van der Waals surface area contributed by atoms with Crippen LogP contribution in [0, 0.1) is 16.7 Å². The number of hydrogen-bond acceptors (Lipinski definition) is 4. The van der Waals surface area contributed by atoms with E-state index in [9.17, 15) is 0 Å². The minimum absolute atomic E-state index is 0.0451. The summed E-state index contributed by atoms with van der Waals surface area (Å²) in [6.07, 6.45) is 18.8. The van der Waals surface area contributed by atoms with Crippen molar-refractivity contribution in [3.8, 4) is 0 Å². The van der Waals surface area contributed by atoms with E-state index in [-0.39, 0.29) is 16.6 Å². The Bertz CT molecular complexity index is 1360. The van der Waals surface area contributed by atoms with Crippen LogP contribution in [-0.4, -0.2) is 53.9 Å². The van der Waals surface area contributed by atoms with Gasteiger partial charge in [-0.15, -0.1) is 0 Å². The first kappa shape index (κ1) is 23.8. The van der Waals surface area contributed by atoms with Crippen LogP contribution in [0.3, 0.4) is 0 Å². The van der Waals surface area contributed by atoms with E-state index < -0.39 is 0 Å². The van der Waals surface area contributed by atoms with Crippen LogP contribution in [0.15, 0.2) is 60.0 Å². The molecule has 38 heavy (non-hydrogen) atoms. The summed E-state index contributed by atoms with van der Waals surface area (Å²) < 4.78 is 13.1. The highest BCUT2D eigenvalue weighted by Crippen LogP contribution is 2.69. The zero-order valence-electron chi connectivity index (χ0n) is 23.3. The second-order valence-corrected chi connectivity index (χ2v) is 14.3. The molecule has 4 nitrogen and oxygen atoms in total. The normalized spacial score (nSPS) is 40.7. The third kappa shape index (κ3) is 3.23. The molecule has 2 spiro atoms. The Kier molecular flexibility index (Phi) is 5.03. The Morgan fingerprint density at radius 1 is 1.05 bits per heavy atom. The average molecular weight is 511 g/mol. The summed E-state index contributed by atoms with van der Waals surface area (Å²) in [6.45, 7) is 7.90. The highest BCUT2D eigenvalue weighted by Gasteiger charge is 2.66. The summed E-state index contributed by atoms with van der Waals surface area (Å²) in [4.78, 5) is 7.04. The molecule has 2 saturated carbocycles. The Balaban J connectivity index is 1.10. The van der Waals surface area contributed by atoms with Gasteiger partial charge in [0.1, 0.15) is 0 Å². The van der Waals surface area contributed by atoms with Gasteiger partial charge in [-0.1, -0.05) is 38.1 Å². The Morgan fingerprint density at radius 3 is 2.79 bits per heavy atom. The van der Waals surface area contributed by atoms with Gasteiger partial charge < -0.3 is 14.4 Å². The van der Waals surface area contributed by atoms with Gasteiger partial charge in [-0.25, -0.2) is 0 Å². The van der Waals surface area contributed by atoms with E-state index in [1.165, 1.54) is 60.4 Å². The zero-order chi connectivity index (χ0) is 25.8.